The number of carbonyl (C=O) groups is 1. The highest BCUT2D eigenvalue weighted by Crippen LogP contribution is 2.30. The fraction of sp³-hybridized carbons (Fsp3) is 0.263. The number of aromatic nitrogens is 2. The fourth-order valence-electron chi connectivity index (χ4n) is 2.82. The van der Waals surface area contributed by atoms with Crippen molar-refractivity contribution in [3.8, 4) is 11.5 Å². The van der Waals surface area contributed by atoms with E-state index >= 15 is 0 Å². The summed E-state index contributed by atoms with van der Waals surface area (Å²) in [5, 5.41) is 7.01. The molecule has 1 fully saturated rings. The summed E-state index contributed by atoms with van der Waals surface area (Å²) in [7, 11) is 0. The molecule has 0 atom stereocenters. The lowest BCUT2D eigenvalue weighted by molar-refractivity contribution is 0.0724. The summed E-state index contributed by atoms with van der Waals surface area (Å²) in [5.41, 5.74) is 1.94. The Morgan fingerprint density at radius 2 is 2.04 bits per heavy atom. The molecule has 0 saturated heterocycles. The Morgan fingerprint density at radius 3 is 2.68 bits per heavy atom. The lowest BCUT2D eigenvalue weighted by Gasteiger charge is -2.21. The van der Waals surface area contributed by atoms with E-state index in [0.29, 0.717) is 23.7 Å². The Balaban J connectivity index is 1.55. The van der Waals surface area contributed by atoms with Gasteiger partial charge in [0.05, 0.1) is 0 Å². The van der Waals surface area contributed by atoms with Crippen molar-refractivity contribution in [1.29, 1.82) is 0 Å². The molecule has 3 aromatic rings. The monoisotopic (exact) mass is 339 g/mol. The third kappa shape index (κ3) is 3.33. The van der Waals surface area contributed by atoms with Crippen LogP contribution in [0.1, 0.15) is 34.7 Å². The van der Waals surface area contributed by atoms with E-state index in [9.17, 15) is 9.18 Å². The van der Waals surface area contributed by atoms with Crippen molar-refractivity contribution in [2.45, 2.75) is 32.4 Å². The molecule has 0 spiro atoms. The first-order valence-electron chi connectivity index (χ1n) is 8.28. The number of rotatable bonds is 5. The number of nitrogens with one attached hydrogen (secondary N) is 1. The second-order valence-electron chi connectivity index (χ2n) is 6.37. The molecule has 1 saturated carbocycles. The molecular weight excluding hydrogens is 321 g/mol. The van der Waals surface area contributed by atoms with Crippen molar-refractivity contribution in [2.24, 2.45) is 0 Å². The molecule has 2 heterocycles. The fourth-order valence-corrected chi connectivity index (χ4v) is 2.82. The average molecular weight is 339 g/mol. The van der Waals surface area contributed by atoms with Gasteiger partial charge in [-0.15, -0.1) is 0 Å². The van der Waals surface area contributed by atoms with Crippen LogP contribution in [-0.4, -0.2) is 27.0 Å². The Labute approximate surface area is 144 Å². The number of carbonyl (C=O) groups excluding carboxylic acids is 1. The number of furan rings is 1. The van der Waals surface area contributed by atoms with Gasteiger partial charge in [0, 0.05) is 18.7 Å². The van der Waals surface area contributed by atoms with Gasteiger partial charge in [0.25, 0.3) is 5.91 Å². The minimum Gasteiger partial charge on any atom is -0.460 e. The van der Waals surface area contributed by atoms with E-state index in [4.69, 9.17) is 4.42 Å². The maximum atomic E-state index is 13.1. The first kappa shape index (κ1) is 15.6. The summed E-state index contributed by atoms with van der Waals surface area (Å²) >= 11 is 0. The van der Waals surface area contributed by atoms with E-state index in [1.807, 2.05) is 19.1 Å². The highest BCUT2D eigenvalue weighted by Gasteiger charge is 2.34. The van der Waals surface area contributed by atoms with Gasteiger partial charge in [-0.2, -0.15) is 5.10 Å². The number of hydrogen-bond donors (Lipinski definition) is 1. The lowest BCUT2D eigenvalue weighted by atomic mass is 10.2. The molecule has 0 unspecified atom stereocenters. The number of aryl methyl sites for hydroxylation is 1. The van der Waals surface area contributed by atoms with E-state index in [2.05, 4.69) is 10.2 Å². The van der Waals surface area contributed by atoms with Crippen LogP contribution in [0.15, 0.2) is 46.9 Å². The van der Waals surface area contributed by atoms with Gasteiger partial charge >= 0.3 is 0 Å². The molecule has 6 heteroatoms. The third-order valence-corrected chi connectivity index (χ3v) is 4.32. The molecule has 0 radical (unpaired) electrons. The van der Waals surface area contributed by atoms with Gasteiger partial charge in [-0.25, -0.2) is 4.39 Å². The quantitative estimate of drug-likeness (QED) is 0.766. The molecule has 2 aromatic heterocycles. The van der Waals surface area contributed by atoms with Crippen LogP contribution in [0.4, 0.5) is 4.39 Å². The predicted octanol–water partition coefficient (Wildman–Crippen LogP) is 3.92. The molecule has 128 valence electrons. The van der Waals surface area contributed by atoms with Crippen LogP contribution in [0.25, 0.3) is 11.5 Å². The topological polar surface area (TPSA) is 62.1 Å². The van der Waals surface area contributed by atoms with Crippen LogP contribution < -0.4 is 0 Å². The number of H-pyrrole nitrogens is 1. The zero-order valence-electron chi connectivity index (χ0n) is 13.8. The minimum atomic E-state index is -0.279. The first-order chi connectivity index (χ1) is 12.1. The normalized spacial score (nSPS) is 13.8. The number of aromatic amines is 1. The molecule has 0 bridgehead atoms. The minimum absolute atomic E-state index is 0.127. The summed E-state index contributed by atoms with van der Waals surface area (Å²) in [6.45, 7) is 2.31. The van der Waals surface area contributed by atoms with Crippen LogP contribution in [0.2, 0.25) is 0 Å². The van der Waals surface area contributed by atoms with Crippen molar-refractivity contribution in [1.82, 2.24) is 15.1 Å². The molecular formula is C19H18FN3O2. The molecule has 1 aromatic carbocycles. The summed E-state index contributed by atoms with van der Waals surface area (Å²) < 4.78 is 18.6. The summed E-state index contributed by atoms with van der Waals surface area (Å²) in [5.74, 6) is 1.05. The molecule has 5 nitrogen and oxygen atoms in total. The second-order valence-corrected chi connectivity index (χ2v) is 6.37. The maximum absolute atomic E-state index is 13.1. The smallest absolute Gasteiger partial charge is 0.274 e. The van der Waals surface area contributed by atoms with E-state index in [-0.39, 0.29) is 17.8 Å². The molecule has 1 amide bonds. The third-order valence-electron chi connectivity index (χ3n) is 4.32. The first-order valence-corrected chi connectivity index (χ1v) is 8.28. The van der Waals surface area contributed by atoms with E-state index in [1.54, 1.807) is 23.1 Å². The summed E-state index contributed by atoms with van der Waals surface area (Å²) in [4.78, 5) is 14.7. The van der Waals surface area contributed by atoms with Crippen molar-refractivity contribution in [2.75, 3.05) is 0 Å². The maximum Gasteiger partial charge on any atom is 0.274 e. The van der Waals surface area contributed by atoms with Crippen LogP contribution in [0.5, 0.6) is 0 Å². The number of amides is 1. The van der Waals surface area contributed by atoms with E-state index in [0.717, 1.165) is 24.2 Å². The molecule has 0 aliphatic heterocycles. The van der Waals surface area contributed by atoms with Gasteiger partial charge in [0.1, 0.15) is 17.3 Å². The van der Waals surface area contributed by atoms with Crippen LogP contribution in [0, 0.1) is 12.7 Å². The van der Waals surface area contributed by atoms with E-state index in [1.165, 1.54) is 12.1 Å². The predicted molar refractivity (Wildman–Crippen MR) is 90.3 cm³/mol. The van der Waals surface area contributed by atoms with Gasteiger partial charge in [-0.3, -0.25) is 9.89 Å². The highest BCUT2D eigenvalue weighted by atomic mass is 19.1. The van der Waals surface area contributed by atoms with Crippen molar-refractivity contribution in [3.63, 3.8) is 0 Å². The van der Waals surface area contributed by atoms with Crippen LogP contribution >= 0.6 is 0 Å². The van der Waals surface area contributed by atoms with Gasteiger partial charge < -0.3 is 9.32 Å². The summed E-state index contributed by atoms with van der Waals surface area (Å²) in [6, 6.07) is 11.9. The SMILES string of the molecule is Cc1ccc(-c2cc(C(=O)N(Cc3ccc(F)cc3)C3CC3)n[nH]2)o1. The Hall–Kier alpha value is -2.89. The zero-order valence-corrected chi connectivity index (χ0v) is 13.8. The van der Waals surface area contributed by atoms with Gasteiger partial charge in [0.2, 0.25) is 0 Å². The zero-order chi connectivity index (χ0) is 17.4. The molecule has 25 heavy (non-hydrogen) atoms. The van der Waals surface area contributed by atoms with Gasteiger partial charge in [-0.1, -0.05) is 12.1 Å². The lowest BCUT2D eigenvalue weighted by Crippen LogP contribution is -2.32. The largest absolute Gasteiger partial charge is 0.460 e. The summed E-state index contributed by atoms with van der Waals surface area (Å²) in [6.07, 6.45) is 1.98. The Kier molecular flexibility index (Phi) is 3.87. The van der Waals surface area contributed by atoms with Crippen LogP contribution in [0.3, 0.4) is 0 Å². The van der Waals surface area contributed by atoms with Gasteiger partial charge in [-0.05, 0) is 49.6 Å². The number of halogens is 1. The average Bonchev–Trinajstić information content (AvgIpc) is 3.15. The molecule has 1 aliphatic carbocycles. The Bertz CT molecular complexity index is 894. The van der Waals surface area contributed by atoms with E-state index < -0.39 is 0 Å². The van der Waals surface area contributed by atoms with Crippen molar-refractivity contribution in [3.05, 3.63) is 65.3 Å². The highest BCUT2D eigenvalue weighted by molar-refractivity contribution is 5.93. The Morgan fingerprint density at radius 1 is 1.28 bits per heavy atom. The molecule has 4 rings (SSSR count). The van der Waals surface area contributed by atoms with Crippen molar-refractivity contribution < 1.29 is 13.6 Å². The van der Waals surface area contributed by atoms with Crippen molar-refractivity contribution >= 4 is 5.91 Å². The van der Waals surface area contributed by atoms with Crippen LogP contribution in [-0.2, 0) is 6.54 Å². The molecule has 1 aliphatic rings. The number of hydrogen-bond acceptors (Lipinski definition) is 3. The number of benzene rings is 1. The number of nitrogens with zero attached hydrogens (tertiary/aromatic N) is 2. The van der Waals surface area contributed by atoms with Gasteiger partial charge in [0.15, 0.2) is 11.5 Å². The standard InChI is InChI=1S/C19H18FN3O2/c1-12-2-9-18(25-12)16-10-17(22-21-16)19(24)23(15-7-8-15)11-13-3-5-14(20)6-4-13/h2-6,9-10,15H,7-8,11H2,1H3,(H,21,22). The molecule has 1 N–H and O–H groups in total. The second kappa shape index (κ2) is 6.20.